The molecule has 0 radical (unpaired) electrons. The third kappa shape index (κ3) is 6.07. The summed E-state index contributed by atoms with van der Waals surface area (Å²) in [5.74, 6) is 0.0986. The largest absolute Gasteiger partial charge is 0.390 e. The molecule has 0 fully saturated rings. The smallest absolute Gasteiger partial charge is 0.365 e. The first-order valence-corrected chi connectivity index (χ1v) is 9.73. The minimum absolute atomic E-state index is 0.0142. The first-order valence-electron chi connectivity index (χ1n) is 9.73. The fourth-order valence-corrected chi connectivity index (χ4v) is 2.89. The van der Waals surface area contributed by atoms with Gasteiger partial charge in [0, 0.05) is 18.0 Å². The van der Waals surface area contributed by atoms with Crippen molar-refractivity contribution >= 4 is 22.8 Å². The van der Waals surface area contributed by atoms with Crippen molar-refractivity contribution in [2.45, 2.75) is 45.2 Å². The van der Waals surface area contributed by atoms with Gasteiger partial charge < -0.3 is 31.7 Å². The Morgan fingerprint density at radius 1 is 1.13 bits per heavy atom. The molecule has 2 aromatic heterocycles. The minimum atomic E-state index is -3.22. The van der Waals surface area contributed by atoms with Crippen molar-refractivity contribution in [3.05, 3.63) is 41.8 Å². The molecule has 3 aromatic rings. The molecule has 170 valence electrons. The number of nitrogens with two attached hydrogens (primary N) is 1. The lowest BCUT2D eigenvalue weighted by molar-refractivity contribution is -0.378. The molecule has 1 aromatic carbocycles. The maximum absolute atomic E-state index is 14.0. The van der Waals surface area contributed by atoms with Crippen LogP contribution in [0.15, 0.2) is 30.5 Å². The molecule has 2 heterocycles. The van der Waals surface area contributed by atoms with Crippen molar-refractivity contribution in [3.63, 3.8) is 0 Å². The van der Waals surface area contributed by atoms with Crippen LogP contribution >= 0.6 is 0 Å². The summed E-state index contributed by atoms with van der Waals surface area (Å²) >= 11 is 0. The van der Waals surface area contributed by atoms with Crippen LogP contribution in [0.2, 0.25) is 0 Å². The summed E-state index contributed by atoms with van der Waals surface area (Å²) in [7, 11) is 1.50. The molecule has 7 N–H and O–H groups in total. The van der Waals surface area contributed by atoms with Gasteiger partial charge in [-0.05, 0) is 39.4 Å². The van der Waals surface area contributed by atoms with E-state index in [1.54, 1.807) is 18.2 Å². The number of nitrogens with one attached hydrogen (secondary N) is 2. The van der Waals surface area contributed by atoms with Crippen molar-refractivity contribution < 1.29 is 19.7 Å². The number of benzene rings is 1. The summed E-state index contributed by atoms with van der Waals surface area (Å²) in [5.41, 5.74) is 4.72. The van der Waals surface area contributed by atoms with E-state index in [0.29, 0.717) is 28.0 Å². The van der Waals surface area contributed by atoms with E-state index in [2.05, 4.69) is 31.4 Å². The highest BCUT2D eigenvalue weighted by atomic mass is 19.1. The normalized spacial score (nSPS) is 12.8. The van der Waals surface area contributed by atoms with E-state index in [1.807, 2.05) is 27.7 Å². The number of hydrogen-bond donors (Lipinski definition) is 6. The van der Waals surface area contributed by atoms with Crippen molar-refractivity contribution in [1.82, 2.24) is 19.7 Å². The summed E-state index contributed by atoms with van der Waals surface area (Å²) in [4.78, 5) is 8.69. The number of rotatable bonds is 6. The van der Waals surface area contributed by atoms with Crippen LogP contribution in [0, 0.1) is 5.82 Å². The van der Waals surface area contributed by atoms with Gasteiger partial charge in [-0.3, -0.25) is 0 Å². The van der Waals surface area contributed by atoms with E-state index in [0.717, 1.165) is 0 Å². The fourth-order valence-electron chi connectivity index (χ4n) is 2.89. The Morgan fingerprint density at radius 2 is 1.77 bits per heavy atom. The highest BCUT2D eigenvalue weighted by Gasteiger charge is 2.28. The Bertz CT molecular complexity index is 1010. The second kappa shape index (κ2) is 9.52. The van der Waals surface area contributed by atoms with Gasteiger partial charge in [-0.15, -0.1) is 0 Å². The van der Waals surface area contributed by atoms with Crippen molar-refractivity contribution in [2.24, 2.45) is 5.73 Å². The number of fused-ring (bicyclic) bond motifs is 1. The zero-order valence-corrected chi connectivity index (χ0v) is 18.3. The fraction of sp³-hybridized carbons (Fsp3) is 0.450. The predicted octanol–water partition coefficient (Wildman–Crippen LogP) is 1.51. The van der Waals surface area contributed by atoms with Crippen LogP contribution in [0.5, 0.6) is 0 Å². The summed E-state index contributed by atoms with van der Waals surface area (Å²) in [6.07, 6.45) is -1.89. The van der Waals surface area contributed by atoms with Crippen LogP contribution < -0.4 is 16.4 Å². The molecule has 11 heteroatoms. The molecule has 0 spiro atoms. The van der Waals surface area contributed by atoms with Crippen LogP contribution in [0.1, 0.15) is 39.2 Å². The average molecular weight is 436 g/mol. The maximum atomic E-state index is 14.0. The zero-order chi connectivity index (χ0) is 23.4. The molecule has 10 nitrogen and oxygen atoms in total. The molecule has 0 bridgehead atoms. The Kier molecular flexibility index (Phi) is 7.49. The van der Waals surface area contributed by atoms with E-state index in [4.69, 9.17) is 0 Å². The second-order valence-corrected chi connectivity index (χ2v) is 7.97. The van der Waals surface area contributed by atoms with Gasteiger partial charge in [0.2, 0.25) is 5.95 Å². The van der Waals surface area contributed by atoms with Gasteiger partial charge in [-0.1, -0.05) is 25.1 Å². The van der Waals surface area contributed by atoms with Gasteiger partial charge in [0.15, 0.2) is 5.65 Å². The minimum Gasteiger partial charge on any atom is -0.365 e. The van der Waals surface area contributed by atoms with Crippen molar-refractivity contribution in [3.8, 4) is 0 Å². The summed E-state index contributed by atoms with van der Waals surface area (Å²) in [6, 6.07) is 6.52. The molecule has 0 aliphatic heterocycles. The quantitative estimate of drug-likeness (QED) is 0.316. The van der Waals surface area contributed by atoms with E-state index in [9.17, 15) is 19.7 Å². The van der Waals surface area contributed by atoms with E-state index in [-0.39, 0.29) is 28.9 Å². The number of aromatic nitrogens is 4. The van der Waals surface area contributed by atoms with Crippen LogP contribution in [0.4, 0.5) is 16.2 Å². The van der Waals surface area contributed by atoms with Crippen molar-refractivity contribution in [2.75, 3.05) is 24.2 Å². The Hall–Kier alpha value is -2.86. The van der Waals surface area contributed by atoms with Gasteiger partial charge in [-0.2, -0.15) is 19.7 Å². The van der Waals surface area contributed by atoms with Gasteiger partial charge >= 0.3 is 6.10 Å². The number of hydrogen-bond acceptors (Lipinski definition) is 9. The Labute approximate surface area is 179 Å². The van der Waals surface area contributed by atoms with Gasteiger partial charge in [0.1, 0.15) is 11.6 Å². The van der Waals surface area contributed by atoms with Crippen LogP contribution in [0.3, 0.4) is 0 Å². The number of aliphatic hydroxyl groups is 3. The molecule has 3 rings (SSSR count). The molecule has 1 atom stereocenters. The molecule has 1 unspecified atom stereocenters. The third-order valence-electron chi connectivity index (χ3n) is 4.21. The molecule has 0 amide bonds. The Balaban J connectivity index is 0.00000166. The van der Waals surface area contributed by atoms with Gasteiger partial charge in [0.05, 0.1) is 11.6 Å². The van der Waals surface area contributed by atoms with E-state index < -0.39 is 6.10 Å². The standard InChI is InChI=1S/C19H25FN6O3.CH5N/c1-11(12-7-5-6-8-14(12)20)9-21-17-23-15(25-18(2,3)4)13-10-22-26(16(13)24-17)19(27,28)29;1-2/h5-8,10-11,27-29H,9H2,1-4H3,(H2,21,23,24,25);2H2,1H3. The lowest BCUT2D eigenvalue weighted by Gasteiger charge is -2.22. The lowest BCUT2D eigenvalue weighted by atomic mass is 10.0. The highest BCUT2D eigenvalue weighted by Crippen LogP contribution is 2.27. The number of halogens is 1. The molecular formula is C20H30FN7O3. The van der Waals surface area contributed by atoms with Crippen molar-refractivity contribution in [1.29, 1.82) is 0 Å². The number of anilines is 2. The summed E-state index contributed by atoms with van der Waals surface area (Å²) in [5, 5.41) is 39.1. The van der Waals surface area contributed by atoms with Crippen LogP contribution in [0.25, 0.3) is 11.0 Å². The van der Waals surface area contributed by atoms with E-state index >= 15 is 0 Å². The van der Waals surface area contributed by atoms with Crippen LogP contribution in [-0.2, 0) is 6.10 Å². The first kappa shape index (κ1) is 24.4. The molecule has 0 saturated carbocycles. The highest BCUT2D eigenvalue weighted by molar-refractivity contribution is 5.87. The maximum Gasteiger partial charge on any atom is 0.390 e. The predicted molar refractivity (Wildman–Crippen MR) is 117 cm³/mol. The zero-order valence-electron chi connectivity index (χ0n) is 18.3. The van der Waals surface area contributed by atoms with Gasteiger partial charge in [-0.25, -0.2) is 4.39 Å². The summed E-state index contributed by atoms with van der Waals surface area (Å²) < 4.78 is 14.6. The molecule has 0 aliphatic carbocycles. The second-order valence-electron chi connectivity index (χ2n) is 7.97. The molecular weight excluding hydrogens is 405 g/mol. The van der Waals surface area contributed by atoms with E-state index in [1.165, 1.54) is 19.3 Å². The topological polar surface area (TPSA) is 154 Å². The molecule has 31 heavy (non-hydrogen) atoms. The van der Waals surface area contributed by atoms with Gasteiger partial charge in [0.25, 0.3) is 0 Å². The SMILES string of the molecule is CC(CNc1nc(NC(C)(C)C)c2cnn(C(O)(O)O)c2n1)c1ccccc1F.CN. The monoisotopic (exact) mass is 435 g/mol. The molecule has 0 saturated heterocycles. The first-order chi connectivity index (χ1) is 14.5. The lowest BCUT2D eigenvalue weighted by Crippen LogP contribution is -2.33. The summed E-state index contributed by atoms with van der Waals surface area (Å²) in [6.45, 7) is 8.01. The molecule has 0 aliphatic rings. The third-order valence-corrected chi connectivity index (χ3v) is 4.21. The average Bonchev–Trinajstić information content (AvgIpc) is 3.12. The van der Waals surface area contributed by atoms with Crippen LogP contribution in [-0.4, -0.2) is 54.2 Å². The Morgan fingerprint density at radius 3 is 2.35 bits per heavy atom. The number of nitrogens with zero attached hydrogens (tertiary/aromatic N) is 4.